The number of benzene rings is 2. The van der Waals surface area contributed by atoms with E-state index in [4.69, 9.17) is 11.6 Å². The monoisotopic (exact) mass is 390 g/mol. The number of pyridine rings is 1. The van der Waals surface area contributed by atoms with E-state index in [1.165, 1.54) is 10.3 Å². The predicted molar refractivity (Wildman–Crippen MR) is 112 cm³/mol. The minimum atomic E-state index is -0.0375. The molecular formula is C22H19ClN4O. The van der Waals surface area contributed by atoms with E-state index < -0.39 is 0 Å². The lowest BCUT2D eigenvalue weighted by Gasteiger charge is -2.09. The number of halogens is 1. The normalized spacial score (nSPS) is 11.0. The third kappa shape index (κ3) is 3.49. The molecule has 2 heterocycles. The molecule has 0 bridgehead atoms. The molecule has 0 aliphatic carbocycles. The van der Waals surface area contributed by atoms with Crippen LogP contribution in [0.5, 0.6) is 0 Å². The van der Waals surface area contributed by atoms with Crippen molar-refractivity contribution in [1.29, 1.82) is 0 Å². The molecule has 2 aromatic carbocycles. The second-order valence-electron chi connectivity index (χ2n) is 6.80. The number of fused-ring (bicyclic) bond motifs is 1. The zero-order chi connectivity index (χ0) is 19.7. The van der Waals surface area contributed by atoms with E-state index in [1.54, 1.807) is 25.0 Å². The van der Waals surface area contributed by atoms with Crippen LogP contribution in [0, 0.1) is 0 Å². The number of hydrogen-bond donors (Lipinski definition) is 0. The van der Waals surface area contributed by atoms with Gasteiger partial charge in [-0.15, -0.1) is 0 Å². The second kappa shape index (κ2) is 7.44. The zero-order valence-corrected chi connectivity index (χ0v) is 16.4. The zero-order valence-electron chi connectivity index (χ0n) is 15.6. The van der Waals surface area contributed by atoms with Gasteiger partial charge < -0.3 is 4.90 Å². The highest BCUT2D eigenvalue weighted by molar-refractivity contribution is 6.32. The first-order valence-electron chi connectivity index (χ1n) is 8.89. The van der Waals surface area contributed by atoms with Crippen LogP contribution in [0.15, 0.2) is 67.1 Å². The molecule has 140 valence electrons. The average molecular weight is 391 g/mol. The first kappa shape index (κ1) is 18.2. The fourth-order valence-corrected chi connectivity index (χ4v) is 3.38. The predicted octanol–water partition coefficient (Wildman–Crippen LogP) is 4.51. The van der Waals surface area contributed by atoms with Crippen molar-refractivity contribution in [2.45, 2.75) is 6.54 Å². The van der Waals surface area contributed by atoms with Gasteiger partial charge in [0.2, 0.25) is 5.91 Å². The number of hydrogen-bond acceptors (Lipinski definition) is 3. The van der Waals surface area contributed by atoms with E-state index >= 15 is 0 Å². The molecule has 4 rings (SSSR count). The summed E-state index contributed by atoms with van der Waals surface area (Å²) >= 11 is 6.31. The third-order valence-corrected chi connectivity index (χ3v) is 4.97. The Balaban J connectivity index is 1.65. The van der Waals surface area contributed by atoms with Crippen molar-refractivity contribution in [3.8, 4) is 22.3 Å². The minimum absolute atomic E-state index is 0.0375. The molecule has 0 saturated heterocycles. The summed E-state index contributed by atoms with van der Waals surface area (Å²) in [5.74, 6) is -0.0375. The van der Waals surface area contributed by atoms with Crippen LogP contribution in [0.25, 0.3) is 33.0 Å². The van der Waals surface area contributed by atoms with Gasteiger partial charge in [0.05, 0.1) is 0 Å². The fourth-order valence-electron chi connectivity index (χ4n) is 3.13. The van der Waals surface area contributed by atoms with Crippen molar-refractivity contribution in [3.05, 3.63) is 72.3 Å². The molecule has 28 heavy (non-hydrogen) atoms. The second-order valence-corrected chi connectivity index (χ2v) is 7.16. The molecular weight excluding hydrogens is 372 g/mol. The Bertz CT molecular complexity index is 1140. The van der Waals surface area contributed by atoms with E-state index in [2.05, 4.69) is 34.3 Å². The van der Waals surface area contributed by atoms with Crippen molar-refractivity contribution in [3.63, 3.8) is 0 Å². The molecule has 0 atom stereocenters. The number of nitrogens with zero attached hydrogens (tertiary/aromatic N) is 4. The number of amides is 1. The minimum Gasteiger partial charge on any atom is -0.347 e. The molecule has 0 unspecified atom stereocenters. The number of rotatable bonds is 4. The highest BCUT2D eigenvalue weighted by Crippen LogP contribution is 2.31. The van der Waals surface area contributed by atoms with Crippen molar-refractivity contribution >= 4 is 28.3 Å². The van der Waals surface area contributed by atoms with E-state index in [-0.39, 0.29) is 12.5 Å². The number of likely N-dealkylation sites (N-methyl/N-ethyl adjacent to an activating group) is 1. The SMILES string of the molecule is CN(C)C(=O)Cn1cc(-c2ccc(-c3cncc4ccccc34)cc2)c(Cl)n1. The van der Waals surface area contributed by atoms with Crippen molar-refractivity contribution in [2.75, 3.05) is 14.1 Å². The van der Waals surface area contributed by atoms with Crippen molar-refractivity contribution in [2.24, 2.45) is 0 Å². The summed E-state index contributed by atoms with van der Waals surface area (Å²) in [5.41, 5.74) is 3.92. The summed E-state index contributed by atoms with van der Waals surface area (Å²) in [7, 11) is 3.43. The Morgan fingerprint density at radius 1 is 1.00 bits per heavy atom. The van der Waals surface area contributed by atoms with E-state index in [9.17, 15) is 4.79 Å². The summed E-state index contributed by atoms with van der Waals surface area (Å²) in [6, 6.07) is 16.3. The third-order valence-electron chi connectivity index (χ3n) is 4.69. The molecule has 0 saturated carbocycles. The van der Waals surface area contributed by atoms with Gasteiger partial charge >= 0.3 is 0 Å². The van der Waals surface area contributed by atoms with E-state index in [0.29, 0.717) is 5.15 Å². The Hall–Kier alpha value is -3.18. The average Bonchev–Trinajstić information content (AvgIpc) is 3.07. The van der Waals surface area contributed by atoms with Gasteiger partial charge in [0.25, 0.3) is 0 Å². The maximum Gasteiger partial charge on any atom is 0.243 e. The lowest BCUT2D eigenvalue weighted by molar-refractivity contribution is -0.129. The maximum absolute atomic E-state index is 11.9. The molecule has 0 radical (unpaired) electrons. The highest BCUT2D eigenvalue weighted by Gasteiger charge is 2.13. The maximum atomic E-state index is 11.9. The summed E-state index contributed by atoms with van der Waals surface area (Å²) in [6.45, 7) is 0.159. The molecule has 0 N–H and O–H groups in total. The van der Waals surface area contributed by atoms with Crippen LogP contribution >= 0.6 is 11.6 Å². The van der Waals surface area contributed by atoms with Crippen LogP contribution in [-0.2, 0) is 11.3 Å². The summed E-state index contributed by atoms with van der Waals surface area (Å²) in [6.07, 6.45) is 5.56. The lowest BCUT2D eigenvalue weighted by Crippen LogP contribution is -2.26. The van der Waals surface area contributed by atoms with Gasteiger partial charge in [0, 0.05) is 49.2 Å². The summed E-state index contributed by atoms with van der Waals surface area (Å²) in [5, 5.41) is 6.91. The Kier molecular flexibility index (Phi) is 4.84. The van der Waals surface area contributed by atoms with Gasteiger partial charge in [0.15, 0.2) is 5.15 Å². The summed E-state index contributed by atoms with van der Waals surface area (Å²) < 4.78 is 1.57. The molecule has 0 aliphatic rings. The van der Waals surface area contributed by atoms with Crippen LogP contribution in [0.2, 0.25) is 5.15 Å². The summed E-state index contributed by atoms with van der Waals surface area (Å²) in [4.78, 5) is 17.8. The largest absolute Gasteiger partial charge is 0.347 e. The smallest absolute Gasteiger partial charge is 0.243 e. The molecule has 0 spiro atoms. The Morgan fingerprint density at radius 2 is 1.68 bits per heavy atom. The van der Waals surface area contributed by atoms with Crippen molar-refractivity contribution in [1.82, 2.24) is 19.7 Å². The van der Waals surface area contributed by atoms with Gasteiger partial charge in [-0.1, -0.05) is 60.1 Å². The molecule has 6 heteroatoms. The Morgan fingerprint density at radius 3 is 2.39 bits per heavy atom. The van der Waals surface area contributed by atoms with Crippen LogP contribution < -0.4 is 0 Å². The fraction of sp³-hybridized carbons (Fsp3) is 0.136. The standard InChI is InChI=1S/C22H19ClN4O/c1-26(2)21(28)14-27-13-20(22(23)25-27)16-9-7-15(8-10-16)19-12-24-11-17-5-3-4-6-18(17)19/h3-13H,14H2,1-2H3. The quantitative estimate of drug-likeness (QED) is 0.515. The van der Waals surface area contributed by atoms with Gasteiger partial charge in [-0.25, -0.2) is 0 Å². The van der Waals surface area contributed by atoms with Crippen LogP contribution in [0.3, 0.4) is 0 Å². The Labute approximate surface area is 168 Å². The molecule has 5 nitrogen and oxygen atoms in total. The van der Waals surface area contributed by atoms with Gasteiger partial charge in [0.1, 0.15) is 6.54 Å². The van der Waals surface area contributed by atoms with E-state index in [0.717, 1.165) is 27.6 Å². The number of carbonyl (C=O) groups excluding carboxylic acids is 1. The molecule has 0 aliphatic heterocycles. The van der Waals surface area contributed by atoms with Crippen LogP contribution in [0.1, 0.15) is 0 Å². The van der Waals surface area contributed by atoms with Crippen molar-refractivity contribution < 1.29 is 4.79 Å². The van der Waals surface area contributed by atoms with Gasteiger partial charge in [-0.3, -0.25) is 14.5 Å². The molecule has 4 aromatic rings. The van der Waals surface area contributed by atoms with Crippen LogP contribution in [-0.4, -0.2) is 39.7 Å². The van der Waals surface area contributed by atoms with Gasteiger partial charge in [-0.05, 0) is 16.5 Å². The molecule has 0 fully saturated rings. The van der Waals surface area contributed by atoms with Crippen LogP contribution in [0.4, 0.5) is 0 Å². The van der Waals surface area contributed by atoms with E-state index in [1.807, 2.05) is 36.7 Å². The molecule has 2 aromatic heterocycles. The number of carbonyl (C=O) groups is 1. The van der Waals surface area contributed by atoms with Gasteiger partial charge in [-0.2, -0.15) is 5.10 Å². The topological polar surface area (TPSA) is 51.0 Å². The molecule has 1 amide bonds. The lowest BCUT2D eigenvalue weighted by atomic mass is 9.99. The first-order chi connectivity index (χ1) is 13.5. The first-order valence-corrected chi connectivity index (χ1v) is 9.27. The highest BCUT2D eigenvalue weighted by atomic mass is 35.5. The number of aromatic nitrogens is 3.